The van der Waals surface area contributed by atoms with E-state index < -0.39 is 0 Å². The number of H-pyrrole nitrogens is 1. The topological polar surface area (TPSA) is 45.8 Å². The normalized spacial score (nSPS) is 10.4. The van der Waals surface area contributed by atoms with Gasteiger partial charge in [-0.1, -0.05) is 11.6 Å². The Morgan fingerprint density at radius 2 is 2.36 bits per heavy atom. The van der Waals surface area contributed by atoms with Crippen LogP contribution in [-0.2, 0) is 0 Å². The number of hydrogen-bond acceptors (Lipinski definition) is 3. The monoisotopic (exact) mass is 226 g/mol. The maximum absolute atomic E-state index is 11.2. The van der Waals surface area contributed by atoms with Gasteiger partial charge in [-0.15, -0.1) is 11.3 Å². The molecule has 3 nitrogen and oxygen atoms in total. The summed E-state index contributed by atoms with van der Waals surface area (Å²) in [6.45, 7) is 1.78. The number of aryl methyl sites for hydroxylation is 1. The zero-order chi connectivity index (χ0) is 10.1. The lowest BCUT2D eigenvalue weighted by Gasteiger charge is -1.98. The SMILES string of the molecule is Cc1cc(=O)[nH]c(-c2sccc2Cl)n1. The number of hydrogen-bond donors (Lipinski definition) is 1. The third kappa shape index (κ3) is 1.71. The summed E-state index contributed by atoms with van der Waals surface area (Å²) in [6, 6.07) is 3.23. The van der Waals surface area contributed by atoms with E-state index in [1.165, 1.54) is 17.4 Å². The van der Waals surface area contributed by atoms with Crippen LogP contribution in [0.3, 0.4) is 0 Å². The van der Waals surface area contributed by atoms with Crippen LogP contribution in [0.25, 0.3) is 10.7 Å². The Hall–Kier alpha value is -1.13. The van der Waals surface area contributed by atoms with Crippen molar-refractivity contribution in [3.8, 4) is 10.7 Å². The molecule has 2 aromatic heterocycles. The van der Waals surface area contributed by atoms with Gasteiger partial charge in [0.15, 0.2) is 5.82 Å². The van der Waals surface area contributed by atoms with Crippen molar-refractivity contribution in [2.45, 2.75) is 6.92 Å². The summed E-state index contributed by atoms with van der Waals surface area (Å²) in [5.41, 5.74) is 0.533. The first kappa shape index (κ1) is 9.43. The summed E-state index contributed by atoms with van der Waals surface area (Å²) in [5.74, 6) is 0.537. The highest BCUT2D eigenvalue weighted by atomic mass is 35.5. The van der Waals surface area contributed by atoms with Gasteiger partial charge >= 0.3 is 0 Å². The third-order valence-corrected chi connectivity index (χ3v) is 3.05. The standard InChI is InChI=1S/C9H7ClN2OS/c1-5-4-7(13)12-9(11-5)8-6(10)2-3-14-8/h2-4H,1H3,(H,11,12,13). The van der Waals surface area contributed by atoms with Crippen molar-refractivity contribution in [2.24, 2.45) is 0 Å². The molecule has 1 N–H and O–H groups in total. The molecule has 5 heteroatoms. The van der Waals surface area contributed by atoms with Gasteiger partial charge in [-0.2, -0.15) is 0 Å². The summed E-state index contributed by atoms with van der Waals surface area (Å²) in [6.07, 6.45) is 0. The van der Waals surface area contributed by atoms with Gasteiger partial charge in [-0.25, -0.2) is 4.98 Å². The highest BCUT2D eigenvalue weighted by molar-refractivity contribution is 7.14. The molecule has 0 saturated carbocycles. The molecule has 2 heterocycles. The minimum absolute atomic E-state index is 0.156. The number of nitrogens with one attached hydrogen (secondary N) is 1. The second kappa shape index (κ2) is 3.55. The van der Waals surface area contributed by atoms with Gasteiger partial charge in [0.1, 0.15) is 0 Å². The van der Waals surface area contributed by atoms with Crippen molar-refractivity contribution in [3.05, 3.63) is 38.6 Å². The van der Waals surface area contributed by atoms with E-state index in [1.807, 2.05) is 5.38 Å². The Labute approximate surface area is 89.4 Å². The maximum Gasteiger partial charge on any atom is 0.251 e. The lowest BCUT2D eigenvalue weighted by Crippen LogP contribution is -2.08. The van der Waals surface area contributed by atoms with Crippen LogP contribution >= 0.6 is 22.9 Å². The molecule has 2 aromatic rings. The summed E-state index contributed by atoms with van der Waals surface area (Å²) in [4.78, 5) is 18.8. The molecule has 0 aromatic carbocycles. The van der Waals surface area contributed by atoms with Crippen LogP contribution in [-0.4, -0.2) is 9.97 Å². The smallest absolute Gasteiger partial charge is 0.251 e. The lowest BCUT2D eigenvalue weighted by molar-refractivity contribution is 1.08. The van der Waals surface area contributed by atoms with E-state index >= 15 is 0 Å². The van der Waals surface area contributed by atoms with E-state index in [9.17, 15) is 4.79 Å². The zero-order valence-electron chi connectivity index (χ0n) is 7.37. The van der Waals surface area contributed by atoms with E-state index in [4.69, 9.17) is 11.6 Å². The van der Waals surface area contributed by atoms with E-state index in [2.05, 4.69) is 9.97 Å². The van der Waals surface area contributed by atoms with Crippen molar-refractivity contribution >= 4 is 22.9 Å². The molecule has 0 fully saturated rings. The van der Waals surface area contributed by atoms with Gasteiger partial charge in [0.25, 0.3) is 5.56 Å². The quantitative estimate of drug-likeness (QED) is 0.812. The van der Waals surface area contributed by atoms with Crippen LogP contribution in [0.15, 0.2) is 22.3 Å². The van der Waals surface area contributed by atoms with Gasteiger partial charge in [-0.05, 0) is 18.4 Å². The van der Waals surface area contributed by atoms with Crippen LogP contribution in [0.5, 0.6) is 0 Å². The van der Waals surface area contributed by atoms with E-state index in [0.717, 1.165) is 4.88 Å². The number of aromatic nitrogens is 2. The van der Waals surface area contributed by atoms with Crippen molar-refractivity contribution in [3.63, 3.8) is 0 Å². The number of aromatic amines is 1. The summed E-state index contributed by atoms with van der Waals surface area (Å²) >= 11 is 7.38. The molecule has 0 saturated heterocycles. The second-order valence-corrected chi connectivity index (χ2v) is 4.16. The van der Waals surface area contributed by atoms with Gasteiger partial charge in [0.2, 0.25) is 0 Å². The van der Waals surface area contributed by atoms with Gasteiger partial charge in [-0.3, -0.25) is 4.79 Å². The van der Waals surface area contributed by atoms with E-state index in [1.54, 1.807) is 13.0 Å². The van der Waals surface area contributed by atoms with E-state index in [-0.39, 0.29) is 5.56 Å². The fourth-order valence-electron chi connectivity index (χ4n) is 1.15. The third-order valence-electron chi connectivity index (χ3n) is 1.70. The number of halogens is 1. The predicted molar refractivity (Wildman–Crippen MR) is 57.9 cm³/mol. The first-order valence-corrected chi connectivity index (χ1v) is 5.24. The van der Waals surface area contributed by atoms with Crippen molar-refractivity contribution < 1.29 is 0 Å². The van der Waals surface area contributed by atoms with Crippen LogP contribution in [0.1, 0.15) is 5.69 Å². The fraction of sp³-hybridized carbons (Fsp3) is 0.111. The number of thiophene rings is 1. The Kier molecular flexibility index (Phi) is 2.39. The maximum atomic E-state index is 11.2. The van der Waals surface area contributed by atoms with Crippen molar-refractivity contribution in [1.29, 1.82) is 0 Å². The molecule has 2 rings (SSSR count). The molecule has 0 aliphatic heterocycles. The second-order valence-electron chi connectivity index (χ2n) is 2.83. The van der Waals surface area contributed by atoms with Crippen molar-refractivity contribution in [2.75, 3.05) is 0 Å². The molecule has 0 spiro atoms. The molecule has 72 valence electrons. The first-order valence-electron chi connectivity index (χ1n) is 3.98. The molecule has 14 heavy (non-hydrogen) atoms. The molecule has 0 amide bonds. The molecule has 0 radical (unpaired) electrons. The van der Waals surface area contributed by atoms with Crippen LogP contribution in [0.4, 0.5) is 0 Å². The Bertz CT molecular complexity index is 518. The van der Waals surface area contributed by atoms with Crippen LogP contribution < -0.4 is 5.56 Å². The summed E-state index contributed by atoms with van der Waals surface area (Å²) in [5, 5.41) is 2.48. The lowest BCUT2D eigenvalue weighted by atomic mass is 10.4. The molecule has 0 bridgehead atoms. The Morgan fingerprint density at radius 3 is 2.93 bits per heavy atom. The molecule has 0 atom stereocenters. The van der Waals surface area contributed by atoms with Gasteiger partial charge in [0, 0.05) is 11.8 Å². The molecular weight excluding hydrogens is 220 g/mol. The average Bonchev–Trinajstić information content (AvgIpc) is 2.49. The Balaban J connectivity index is 2.63. The predicted octanol–water partition coefficient (Wildman–Crippen LogP) is 2.46. The van der Waals surface area contributed by atoms with E-state index in [0.29, 0.717) is 16.5 Å². The minimum Gasteiger partial charge on any atom is -0.306 e. The number of rotatable bonds is 1. The fourth-order valence-corrected chi connectivity index (χ4v) is 2.24. The molecule has 0 aliphatic carbocycles. The first-order chi connectivity index (χ1) is 6.66. The van der Waals surface area contributed by atoms with Crippen LogP contribution in [0.2, 0.25) is 5.02 Å². The molecular formula is C9H7ClN2OS. The van der Waals surface area contributed by atoms with Gasteiger partial charge in [0.05, 0.1) is 9.90 Å². The summed E-state index contributed by atoms with van der Waals surface area (Å²) in [7, 11) is 0. The number of nitrogens with zero attached hydrogens (tertiary/aromatic N) is 1. The largest absolute Gasteiger partial charge is 0.306 e. The highest BCUT2D eigenvalue weighted by Gasteiger charge is 2.07. The molecule has 0 unspecified atom stereocenters. The average molecular weight is 227 g/mol. The van der Waals surface area contributed by atoms with Crippen molar-refractivity contribution in [1.82, 2.24) is 9.97 Å². The minimum atomic E-state index is -0.156. The molecule has 0 aliphatic rings. The highest BCUT2D eigenvalue weighted by Crippen LogP contribution is 2.29. The van der Waals surface area contributed by atoms with Crippen LogP contribution in [0, 0.1) is 6.92 Å². The Morgan fingerprint density at radius 1 is 1.57 bits per heavy atom. The van der Waals surface area contributed by atoms with Gasteiger partial charge < -0.3 is 4.98 Å². The zero-order valence-corrected chi connectivity index (χ0v) is 8.95. The summed E-state index contributed by atoms with van der Waals surface area (Å²) < 4.78 is 0.